The van der Waals surface area contributed by atoms with E-state index in [9.17, 15) is 4.39 Å². The molecule has 6 heteroatoms. The van der Waals surface area contributed by atoms with Gasteiger partial charge in [0.1, 0.15) is 23.1 Å². The molecule has 2 aliphatic rings. The highest BCUT2D eigenvalue weighted by Crippen LogP contribution is 2.49. The molecule has 152 valence electrons. The molecular formula is C24H21FN2O3. The van der Waals surface area contributed by atoms with Gasteiger partial charge < -0.3 is 14.2 Å². The molecule has 0 spiro atoms. The first-order valence-electron chi connectivity index (χ1n) is 9.77. The largest absolute Gasteiger partial charge is 0.497 e. The quantitative estimate of drug-likeness (QED) is 0.608. The molecule has 0 N–H and O–H groups in total. The van der Waals surface area contributed by atoms with Gasteiger partial charge in [-0.2, -0.15) is 5.10 Å². The lowest BCUT2D eigenvalue weighted by molar-refractivity contribution is -0.0204. The normalized spacial score (nSPS) is 19.4. The summed E-state index contributed by atoms with van der Waals surface area (Å²) in [5.41, 5.74) is 3.71. The van der Waals surface area contributed by atoms with Gasteiger partial charge >= 0.3 is 0 Å². The number of nitrogens with zero attached hydrogens (tertiary/aromatic N) is 2. The highest BCUT2D eigenvalue weighted by molar-refractivity contribution is 6.01. The lowest BCUT2D eigenvalue weighted by Gasteiger charge is -2.38. The fraction of sp³-hybridized carbons (Fsp3) is 0.208. The van der Waals surface area contributed by atoms with Crippen LogP contribution in [-0.2, 0) is 0 Å². The Morgan fingerprint density at radius 3 is 2.53 bits per heavy atom. The summed E-state index contributed by atoms with van der Waals surface area (Å²) in [5.74, 6) is 1.98. The number of hydrogen-bond donors (Lipinski definition) is 0. The van der Waals surface area contributed by atoms with Crippen molar-refractivity contribution in [3.05, 3.63) is 89.2 Å². The van der Waals surface area contributed by atoms with E-state index in [4.69, 9.17) is 19.3 Å². The Bertz CT molecular complexity index is 1110. The molecule has 2 aliphatic heterocycles. The van der Waals surface area contributed by atoms with Gasteiger partial charge in [0, 0.05) is 12.0 Å². The number of hydrogen-bond acceptors (Lipinski definition) is 5. The van der Waals surface area contributed by atoms with Crippen molar-refractivity contribution in [2.24, 2.45) is 5.10 Å². The second-order valence-corrected chi connectivity index (χ2v) is 7.27. The standard InChI is InChI=1S/C24H21FN2O3/c1-28-17-11-12-22(29-2)19(13-17)24-27-21(18-5-3-4-6-23(18)30-24)14-20(26-27)15-7-9-16(25)10-8-15/h3-13,21,24H,14H2,1-2H3/t21-,24-/m1/s1. The second-order valence-electron chi connectivity index (χ2n) is 7.27. The predicted molar refractivity (Wildman–Crippen MR) is 111 cm³/mol. The van der Waals surface area contributed by atoms with Crippen LogP contribution < -0.4 is 14.2 Å². The predicted octanol–water partition coefficient (Wildman–Crippen LogP) is 5.09. The van der Waals surface area contributed by atoms with E-state index in [-0.39, 0.29) is 11.9 Å². The zero-order valence-corrected chi connectivity index (χ0v) is 16.7. The van der Waals surface area contributed by atoms with Gasteiger partial charge in [-0.1, -0.05) is 30.3 Å². The lowest BCUT2D eigenvalue weighted by atomic mass is 9.96. The molecule has 2 atom stereocenters. The van der Waals surface area contributed by atoms with Crippen LogP contribution in [0.1, 0.15) is 35.4 Å². The van der Waals surface area contributed by atoms with Gasteiger partial charge in [-0.25, -0.2) is 9.40 Å². The van der Waals surface area contributed by atoms with Gasteiger partial charge in [-0.3, -0.25) is 0 Å². The highest BCUT2D eigenvalue weighted by atomic mass is 19.1. The van der Waals surface area contributed by atoms with Crippen LogP contribution in [-0.4, -0.2) is 24.9 Å². The highest BCUT2D eigenvalue weighted by Gasteiger charge is 2.42. The van der Waals surface area contributed by atoms with Crippen molar-refractivity contribution in [2.45, 2.75) is 18.7 Å². The topological polar surface area (TPSA) is 43.3 Å². The van der Waals surface area contributed by atoms with Crippen molar-refractivity contribution < 1.29 is 18.6 Å². The molecule has 0 bridgehead atoms. The zero-order chi connectivity index (χ0) is 20.7. The zero-order valence-electron chi connectivity index (χ0n) is 16.7. The van der Waals surface area contributed by atoms with Crippen LogP contribution in [0, 0.1) is 5.82 Å². The van der Waals surface area contributed by atoms with Gasteiger partial charge in [-0.15, -0.1) is 0 Å². The minimum Gasteiger partial charge on any atom is -0.497 e. The Labute approximate surface area is 174 Å². The van der Waals surface area contributed by atoms with Crippen LogP contribution in [0.4, 0.5) is 4.39 Å². The van der Waals surface area contributed by atoms with Crippen molar-refractivity contribution in [1.29, 1.82) is 0 Å². The van der Waals surface area contributed by atoms with Crippen LogP contribution in [0.25, 0.3) is 0 Å². The van der Waals surface area contributed by atoms with E-state index < -0.39 is 6.23 Å². The Morgan fingerprint density at radius 1 is 0.967 bits per heavy atom. The fourth-order valence-electron chi connectivity index (χ4n) is 4.09. The maximum atomic E-state index is 13.4. The monoisotopic (exact) mass is 404 g/mol. The molecule has 0 saturated heterocycles. The van der Waals surface area contributed by atoms with Crippen molar-refractivity contribution in [3.63, 3.8) is 0 Å². The van der Waals surface area contributed by atoms with Gasteiger partial charge in [0.15, 0.2) is 0 Å². The van der Waals surface area contributed by atoms with E-state index in [0.717, 1.165) is 28.2 Å². The molecule has 5 nitrogen and oxygen atoms in total. The number of rotatable bonds is 4. The summed E-state index contributed by atoms with van der Waals surface area (Å²) in [6.07, 6.45) is 0.224. The average Bonchev–Trinajstić information content (AvgIpc) is 3.24. The SMILES string of the molecule is COc1ccc(OC)c([C@H]2Oc3ccccc3[C@H]3CC(c4ccc(F)cc4)=NN32)c1. The number of para-hydroxylation sites is 1. The first-order chi connectivity index (χ1) is 14.7. The number of fused-ring (bicyclic) bond motifs is 3. The van der Waals surface area contributed by atoms with E-state index in [1.807, 2.05) is 41.4 Å². The first-order valence-corrected chi connectivity index (χ1v) is 9.77. The molecule has 0 amide bonds. The van der Waals surface area contributed by atoms with E-state index in [2.05, 4.69) is 6.07 Å². The average molecular weight is 404 g/mol. The number of benzene rings is 3. The van der Waals surface area contributed by atoms with Crippen molar-refractivity contribution in [1.82, 2.24) is 5.01 Å². The molecule has 0 fully saturated rings. The molecule has 3 aromatic rings. The summed E-state index contributed by atoms with van der Waals surface area (Å²) >= 11 is 0. The molecule has 0 radical (unpaired) electrons. The third kappa shape index (κ3) is 3.05. The summed E-state index contributed by atoms with van der Waals surface area (Å²) in [6, 6.07) is 20.1. The molecular weight excluding hydrogens is 383 g/mol. The number of methoxy groups -OCH3 is 2. The van der Waals surface area contributed by atoms with Crippen LogP contribution in [0.5, 0.6) is 17.2 Å². The van der Waals surface area contributed by atoms with Gasteiger partial charge in [0.25, 0.3) is 0 Å². The Hall–Kier alpha value is -3.54. The van der Waals surface area contributed by atoms with Gasteiger partial charge in [0.2, 0.25) is 6.23 Å². The first kappa shape index (κ1) is 18.5. The molecule has 30 heavy (non-hydrogen) atoms. The summed E-state index contributed by atoms with van der Waals surface area (Å²) < 4.78 is 30.8. The number of ether oxygens (including phenoxy) is 3. The van der Waals surface area contributed by atoms with Crippen LogP contribution in [0.2, 0.25) is 0 Å². The van der Waals surface area contributed by atoms with E-state index >= 15 is 0 Å². The summed E-state index contributed by atoms with van der Waals surface area (Å²) in [7, 11) is 3.27. The minimum atomic E-state index is -0.479. The Kier molecular flexibility index (Phi) is 4.54. The Balaban J connectivity index is 1.62. The third-order valence-electron chi connectivity index (χ3n) is 5.58. The summed E-state index contributed by atoms with van der Waals surface area (Å²) in [5, 5.41) is 6.87. The van der Waals surface area contributed by atoms with Gasteiger partial charge in [-0.05, 0) is 42.0 Å². The number of hydrazone groups is 1. The van der Waals surface area contributed by atoms with Crippen molar-refractivity contribution in [3.8, 4) is 17.2 Å². The van der Waals surface area contributed by atoms with Crippen LogP contribution in [0.15, 0.2) is 71.8 Å². The molecule has 2 heterocycles. The maximum absolute atomic E-state index is 13.4. The van der Waals surface area contributed by atoms with E-state index in [1.165, 1.54) is 12.1 Å². The summed E-state index contributed by atoms with van der Waals surface area (Å²) in [4.78, 5) is 0. The molecule has 0 aromatic heterocycles. The molecule has 3 aromatic carbocycles. The Morgan fingerprint density at radius 2 is 1.77 bits per heavy atom. The van der Waals surface area contributed by atoms with Crippen LogP contribution >= 0.6 is 0 Å². The minimum absolute atomic E-state index is 0.0101. The van der Waals surface area contributed by atoms with Gasteiger partial charge in [0.05, 0.1) is 31.5 Å². The lowest BCUT2D eigenvalue weighted by Crippen LogP contribution is -2.33. The third-order valence-corrected chi connectivity index (χ3v) is 5.58. The van der Waals surface area contributed by atoms with E-state index in [1.54, 1.807) is 26.4 Å². The van der Waals surface area contributed by atoms with Crippen LogP contribution in [0.3, 0.4) is 0 Å². The van der Waals surface area contributed by atoms with Crippen molar-refractivity contribution in [2.75, 3.05) is 14.2 Å². The maximum Gasteiger partial charge on any atom is 0.217 e. The smallest absolute Gasteiger partial charge is 0.217 e. The fourth-order valence-corrected chi connectivity index (χ4v) is 4.09. The van der Waals surface area contributed by atoms with E-state index in [0.29, 0.717) is 17.9 Å². The molecule has 0 aliphatic carbocycles. The molecule has 5 rings (SSSR count). The van der Waals surface area contributed by atoms with Crippen molar-refractivity contribution >= 4 is 5.71 Å². The molecule has 0 saturated carbocycles. The number of halogens is 1. The molecule has 0 unspecified atom stereocenters. The second kappa shape index (κ2) is 7.37. The summed E-state index contributed by atoms with van der Waals surface area (Å²) in [6.45, 7) is 0.